The van der Waals surface area contributed by atoms with Crippen molar-refractivity contribution in [3.05, 3.63) is 48.5 Å². The Bertz CT molecular complexity index is 1170. The summed E-state index contributed by atoms with van der Waals surface area (Å²) in [5, 5.41) is 0. The molecule has 0 bridgehead atoms. The Hall–Kier alpha value is -2.13. The fourth-order valence-electron chi connectivity index (χ4n) is 5.88. The lowest BCUT2D eigenvalue weighted by Gasteiger charge is -2.62. The second-order valence-electron chi connectivity index (χ2n) is 9.25. The number of nitrogens with zero attached hydrogens (tertiary/aromatic N) is 7. The fourth-order valence-corrected chi connectivity index (χ4v) is 5.88. The molecule has 0 saturated carbocycles. The molecule has 2 fully saturated rings. The lowest BCUT2D eigenvalue weighted by atomic mass is 9.38. The van der Waals surface area contributed by atoms with E-state index in [9.17, 15) is 0 Å². The van der Waals surface area contributed by atoms with Crippen molar-refractivity contribution in [2.75, 3.05) is 25.9 Å². The Morgan fingerprint density at radius 1 is 0.710 bits per heavy atom. The smallest absolute Gasteiger partial charge is 0.415 e. The van der Waals surface area contributed by atoms with Gasteiger partial charge in [0.25, 0.3) is 14.0 Å². The fraction of sp³-hybridized carbons (Fsp3) is 0.316. The molecule has 3 aliphatic heterocycles. The number of anilines is 1. The number of fused-ring (bicyclic) bond motifs is 10. The molecule has 31 heavy (non-hydrogen) atoms. The van der Waals surface area contributed by atoms with Crippen molar-refractivity contribution in [3.63, 3.8) is 0 Å². The molecule has 0 N–H and O–H groups in total. The van der Waals surface area contributed by atoms with Gasteiger partial charge in [-0.3, -0.25) is 0 Å². The maximum Gasteiger partial charge on any atom is 0.445 e. The Morgan fingerprint density at radius 2 is 1.39 bits per heavy atom. The lowest BCUT2D eigenvalue weighted by Crippen LogP contribution is -2.89. The molecule has 0 unspecified atom stereocenters. The van der Waals surface area contributed by atoms with Gasteiger partial charge in [-0.05, 0) is 45.4 Å². The van der Waals surface area contributed by atoms with Crippen LogP contribution in [-0.2, 0) is 0 Å². The van der Waals surface area contributed by atoms with E-state index in [-0.39, 0.29) is 28.2 Å². The van der Waals surface area contributed by atoms with Gasteiger partial charge >= 0.3 is 21.2 Å². The monoisotopic (exact) mass is 407 g/mol. The van der Waals surface area contributed by atoms with E-state index in [1.807, 2.05) is 0 Å². The molecule has 4 heterocycles. The van der Waals surface area contributed by atoms with Gasteiger partial charge in [-0.15, -0.1) is 0 Å². The van der Waals surface area contributed by atoms with Crippen molar-refractivity contribution >= 4 is 51.9 Å². The number of aromatic nitrogens is 2. The van der Waals surface area contributed by atoms with E-state index in [1.165, 1.54) is 16.8 Å². The first kappa shape index (κ1) is 19.6. The first-order valence-corrected chi connectivity index (χ1v) is 11.2. The van der Waals surface area contributed by atoms with Crippen molar-refractivity contribution in [3.8, 4) is 11.4 Å². The zero-order valence-corrected chi connectivity index (χ0v) is 19.1. The van der Waals surface area contributed by atoms with E-state index in [0.717, 1.165) is 11.3 Å². The summed E-state index contributed by atoms with van der Waals surface area (Å²) in [6.45, 7) is 7.80. The van der Waals surface area contributed by atoms with Gasteiger partial charge in [0, 0.05) is 11.3 Å². The number of hydrogen-bond acceptors (Lipinski definition) is 6. The molecule has 0 radical (unpaired) electrons. The number of imidazole rings is 1. The van der Waals surface area contributed by atoms with Crippen LogP contribution in [0.1, 0.15) is 0 Å². The highest BCUT2D eigenvalue weighted by molar-refractivity contribution is 7.02. The van der Waals surface area contributed by atoms with Crippen LogP contribution in [0.5, 0.6) is 0 Å². The normalized spacial score (nSPS) is 20.3. The van der Waals surface area contributed by atoms with Crippen LogP contribution >= 0.6 is 0 Å². The second kappa shape index (κ2) is 6.69. The molecule has 12 heteroatoms. The van der Waals surface area contributed by atoms with Crippen molar-refractivity contribution in [1.29, 1.82) is 0 Å². The third-order valence-corrected chi connectivity index (χ3v) is 7.95. The summed E-state index contributed by atoms with van der Waals surface area (Å²) in [4.78, 5) is 5.11. The quantitative estimate of drug-likeness (QED) is 0.530. The number of hydrogen-bond donors (Lipinski definition) is 0. The maximum atomic E-state index is 5.11. The van der Waals surface area contributed by atoms with Crippen LogP contribution in [0.4, 0.5) is 5.69 Å². The first-order chi connectivity index (χ1) is 14.9. The third-order valence-electron chi connectivity index (χ3n) is 7.95. The Kier molecular flexibility index (Phi) is 4.22. The first-order valence-electron chi connectivity index (χ1n) is 11.2. The van der Waals surface area contributed by atoms with Gasteiger partial charge in [-0.25, -0.2) is 4.98 Å². The van der Waals surface area contributed by atoms with Crippen LogP contribution in [0.3, 0.4) is 0 Å². The summed E-state index contributed by atoms with van der Waals surface area (Å²) in [5.74, 6) is 1.06. The molecule has 6 rings (SSSR count). The van der Waals surface area contributed by atoms with E-state index in [4.69, 9.17) is 4.98 Å². The van der Waals surface area contributed by atoms with Gasteiger partial charge in [0.05, 0.1) is 11.0 Å². The van der Waals surface area contributed by atoms with E-state index in [1.54, 1.807) is 0 Å². The molecule has 152 valence electrons. The molecule has 1 aromatic heterocycles. The van der Waals surface area contributed by atoms with Gasteiger partial charge < -0.3 is 28.0 Å². The summed E-state index contributed by atoms with van der Waals surface area (Å²) in [6, 6.07) is 17.3. The van der Waals surface area contributed by atoms with Crippen LogP contribution in [-0.4, -0.2) is 84.6 Å². The molecular formula is C19H26B5N7. The number of para-hydroxylation sites is 3. The molecule has 0 amide bonds. The highest BCUT2D eigenvalue weighted by Gasteiger charge is 2.61. The summed E-state index contributed by atoms with van der Waals surface area (Å²) in [6.07, 6.45) is 0. The highest BCUT2D eigenvalue weighted by atomic mass is 15.5. The Morgan fingerprint density at radius 3 is 2.19 bits per heavy atom. The van der Waals surface area contributed by atoms with E-state index in [2.05, 4.69) is 118 Å². The predicted molar refractivity (Wildman–Crippen MR) is 135 cm³/mol. The molecule has 0 aliphatic carbocycles. The van der Waals surface area contributed by atoms with E-state index in [0.29, 0.717) is 6.98 Å². The van der Waals surface area contributed by atoms with Crippen LogP contribution in [0.2, 0.25) is 20.5 Å². The topological polar surface area (TPSA) is 34.0 Å². The van der Waals surface area contributed by atoms with Gasteiger partial charge in [0.15, 0.2) is 0 Å². The largest absolute Gasteiger partial charge is 0.445 e. The maximum absolute atomic E-state index is 5.11. The Labute approximate surface area is 186 Å². The number of rotatable bonds is 0. The zero-order valence-electron chi connectivity index (χ0n) is 19.1. The van der Waals surface area contributed by atoms with Crippen molar-refractivity contribution in [2.24, 2.45) is 0 Å². The molecule has 3 aromatic rings. The summed E-state index contributed by atoms with van der Waals surface area (Å²) in [7, 11) is 6.96. The highest BCUT2D eigenvalue weighted by Crippen LogP contribution is 2.42. The second-order valence-corrected chi connectivity index (χ2v) is 9.25. The van der Waals surface area contributed by atoms with Gasteiger partial charge in [0.2, 0.25) is 0 Å². The molecular weight excluding hydrogens is 380 g/mol. The van der Waals surface area contributed by atoms with Crippen LogP contribution in [0.15, 0.2) is 48.5 Å². The van der Waals surface area contributed by atoms with Crippen LogP contribution in [0, 0.1) is 0 Å². The molecule has 0 spiro atoms. The molecule has 7 nitrogen and oxygen atoms in total. The number of benzene rings is 2. The van der Waals surface area contributed by atoms with Crippen molar-refractivity contribution in [2.45, 2.75) is 20.5 Å². The summed E-state index contributed by atoms with van der Waals surface area (Å²) < 4.78 is 15.1. The average Bonchev–Trinajstić information content (AvgIpc) is 3.18. The minimum atomic E-state index is 0.0425. The summed E-state index contributed by atoms with van der Waals surface area (Å²) >= 11 is 0. The average molecular weight is 407 g/mol. The minimum absolute atomic E-state index is 0.0425. The lowest BCUT2D eigenvalue weighted by molar-refractivity contribution is 0.513. The minimum Gasteiger partial charge on any atom is -0.415 e. The molecule has 2 aromatic carbocycles. The molecule has 0 atom stereocenters. The van der Waals surface area contributed by atoms with Crippen molar-refractivity contribution < 1.29 is 0 Å². The zero-order chi connectivity index (χ0) is 21.6. The van der Waals surface area contributed by atoms with Crippen molar-refractivity contribution in [1.82, 2.24) is 28.3 Å². The van der Waals surface area contributed by atoms with E-state index < -0.39 is 0 Å². The van der Waals surface area contributed by atoms with E-state index >= 15 is 0 Å². The molecule has 2 saturated heterocycles. The standard InChI is InChI=1S/C19H26B5N7/c1-20-26(4)22(3)31-23(27(20)5)28(6)21(2)30-17-13-9-7-11-15(17)19-25-16-12-8-10-14-18(16)29(19)24(30)31/h7-14H,1-6H3. The SMILES string of the molecule is CB1N(C)B(C)N2B(N1C)N(C)B(C)N1B2n2c(nc3ccccc32)-c2ccccc21. The van der Waals surface area contributed by atoms with Gasteiger partial charge in [-0.1, -0.05) is 44.7 Å². The molecule has 3 aliphatic rings. The summed E-state index contributed by atoms with van der Waals surface area (Å²) in [5.41, 5.74) is 4.70. The predicted octanol–water partition coefficient (Wildman–Crippen LogP) is 1.82. The van der Waals surface area contributed by atoms with Crippen LogP contribution < -0.4 is 4.72 Å². The van der Waals surface area contributed by atoms with Crippen LogP contribution in [0.25, 0.3) is 22.4 Å². The van der Waals surface area contributed by atoms with Gasteiger partial charge in [0.1, 0.15) is 5.82 Å². The third kappa shape index (κ3) is 2.42. The van der Waals surface area contributed by atoms with Gasteiger partial charge in [-0.2, -0.15) is 0 Å². The Balaban J connectivity index is 1.66.